The summed E-state index contributed by atoms with van der Waals surface area (Å²) in [5, 5.41) is 0. The molecule has 0 aromatic carbocycles. The molecule has 1 unspecified atom stereocenters. The van der Waals surface area contributed by atoms with E-state index in [1.54, 1.807) is 6.26 Å². The third-order valence-electron chi connectivity index (χ3n) is 2.19. The Kier molecular flexibility index (Phi) is 3.75. The predicted molar refractivity (Wildman–Crippen MR) is 59.0 cm³/mol. The molecule has 1 aromatic rings. The van der Waals surface area contributed by atoms with Gasteiger partial charge in [0.15, 0.2) is 0 Å². The second-order valence-electron chi connectivity index (χ2n) is 3.65. The van der Waals surface area contributed by atoms with Gasteiger partial charge in [-0.2, -0.15) is 0 Å². The van der Waals surface area contributed by atoms with Gasteiger partial charge in [-0.25, -0.2) is 0 Å². The number of hydrogen-bond acceptors (Lipinski definition) is 3. The van der Waals surface area contributed by atoms with Gasteiger partial charge in [0, 0.05) is 6.61 Å². The highest BCUT2D eigenvalue weighted by Crippen LogP contribution is 2.31. The summed E-state index contributed by atoms with van der Waals surface area (Å²) < 4.78 is 11.8. The van der Waals surface area contributed by atoms with Gasteiger partial charge in [-0.15, -0.1) is 0 Å². The van der Waals surface area contributed by atoms with E-state index in [4.69, 9.17) is 14.9 Å². The van der Waals surface area contributed by atoms with Gasteiger partial charge in [0.25, 0.3) is 0 Å². The summed E-state index contributed by atoms with van der Waals surface area (Å²) in [5.41, 5.74) is 5.63. The van der Waals surface area contributed by atoms with Gasteiger partial charge in [0.1, 0.15) is 5.76 Å². The van der Waals surface area contributed by atoms with Crippen LogP contribution in [0.15, 0.2) is 21.2 Å². The van der Waals surface area contributed by atoms with Gasteiger partial charge in [-0.05, 0) is 42.8 Å². The van der Waals surface area contributed by atoms with Gasteiger partial charge in [-0.3, -0.25) is 0 Å². The molecule has 1 rings (SSSR count). The number of hydrogen-bond donors (Lipinski definition) is 1. The van der Waals surface area contributed by atoms with Crippen LogP contribution in [0.3, 0.4) is 0 Å². The fraction of sp³-hybridized carbons (Fsp3) is 0.600. The lowest BCUT2D eigenvalue weighted by Crippen LogP contribution is -2.38. The standard InChI is InChI=1S/C10H16BrNO2/c1-4-14-10(2,3)9(12)8-7(11)5-6-13-8/h5-6,9H,4,12H2,1-3H3. The fourth-order valence-corrected chi connectivity index (χ4v) is 1.75. The number of nitrogens with two attached hydrogens (primary N) is 1. The number of halogens is 1. The van der Waals surface area contributed by atoms with E-state index >= 15 is 0 Å². The molecule has 0 bridgehead atoms. The second kappa shape index (κ2) is 4.47. The van der Waals surface area contributed by atoms with Crippen LogP contribution < -0.4 is 5.73 Å². The van der Waals surface area contributed by atoms with Crippen LogP contribution >= 0.6 is 15.9 Å². The summed E-state index contributed by atoms with van der Waals surface area (Å²) in [6.07, 6.45) is 1.61. The average molecular weight is 262 g/mol. The van der Waals surface area contributed by atoms with Crippen LogP contribution in [0.2, 0.25) is 0 Å². The van der Waals surface area contributed by atoms with E-state index in [9.17, 15) is 0 Å². The van der Waals surface area contributed by atoms with Crippen molar-refractivity contribution in [2.24, 2.45) is 5.73 Å². The van der Waals surface area contributed by atoms with E-state index in [1.807, 2.05) is 26.8 Å². The molecule has 0 saturated heterocycles. The van der Waals surface area contributed by atoms with Crippen LogP contribution in [0.1, 0.15) is 32.6 Å². The highest BCUT2D eigenvalue weighted by Gasteiger charge is 2.31. The maximum absolute atomic E-state index is 6.06. The molecule has 0 spiro atoms. The summed E-state index contributed by atoms with van der Waals surface area (Å²) in [6.45, 7) is 6.50. The minimum Gasteiger partial charge on any atom is -0.466 e. The molecule has 1 atom stereocenters. The maximum atomic E-state index is 6.06. The maximum Gasteiger partial charge on any atom is 0.137 e. The summed E-state index contributed by atoms with van der Waals surface area (Å²) in [7, 11) is 0. The quantitative estimate of drug-likeness (QED) is 0.907. The first-order valence-electron chi connectivity index (χ1n) is 4.61. The summed E-state index contributed by atoms with van der Waals surface area (Å²) in [6, 6.07) is 1.56. The molecule has 14 heavy (non-hydrogen) atoms. The minimum atomic E-state index is -0.422. The highest BCUT2D eigenvalue weighted by atomic mass is 79.9. The van der Waals surface area contributed by atoms with Crippen molar-refractivity contribution in [3.05, 3.63) is 22.6 Å². The Morgan fingerprint density at radius 2 is 2.29 bits per heavy atom. The van der Waals surface area contributed by atoms with Crippen molar-refractivity contribution in [3.8, 4) is 0 Å². The SMILES string of the molecule is CCOC(C)(C)C(N)c1occc1Br. The zero-order valence-electron chi connectivity index (χ0n) is 8.71. The molecular weight excluding hydrogens is 246 g/mol. The molecular formula is C10H16BrNO2. The molecule has 0 fully saturated rings. The predicted octanol–water partition coefficient (Wildman–Crippen LogP) is 2.86. The molecule has 3 nitrogen and oxygen atoms in total. The largest absolute Gasteiger partial charge is 0.466 e. The van der Waals surface area contributed by atoms with Gasteiger partial charge >= 0.3 is 0 Å². The average Bonchev–Trinajstić information content (AvgIpc) is 2.50. The van der Waals surface area contributed by atoms with Crippen molar-refractivity contribution in [2.75, 3.05) is 6.61 Å². The van der Waals surface area contributed by atoms with Crippen LogP contribution in [0.5, 0.6) is 0 Å². The van der Waals surface area contributed by atoms with Crippen molar-refractivity contribution in [2.45, 2.75) is 32.4 Å². The van der Waals surface area contributed by atoms with E-state index in [2.05, 4.69) is 15.9 Å². The number of rotatable bonds is 4. The normalized spacial score (nSPS) is 14.4. The zero-order valence-corrected chi connectivity index (χ0v) is 10.3. The molecule has 0 aliphatic rings. The lowest BCUT2D eigenvalue weighted by Gasteiger charge is -2.30. The molecule has 1 aromatic heterocycles. The number of furan rings is 1. The van der Waals surface area contributed by atoms with E-state index in [1.165, 1.54) is 0 Å². The first-order valence-corrected chi connectivity index (χ1v) is 5.40. The third kappa shape index (κ3) is 2.38. The molecule has 0 radical (unpaired) electrons. The van der Waals surface area contributed by atoms with Crippen LogP contribution in [-0.4, -0.2) is 12.2 Å². The first-order chi connectivity index (χ1) is 6.49. The van der Waals surface area contributed by atoms with Gasteiger partial charge in [-0.1, -0.05) is 0 Å². The van der Waals surface area contributed by atoms with Gasteiger partial charge in [0.2, 0.25) is 0 Å². The van der Waals surface area contributed by atoms with Gasteiger partial charge in [0.05, 0.1) is 22.4 Å². The van der Waals surface area contributed by atoms with Crippen LogP contribution in [0, 0.1) is 0 Å². The molecule has 1 heterocycles. The molecule has 2 N–H and O–H groups in total. The van der Waals surface area contributed by atoms with E-state index in [0.717, 1.165) is 10.2 Å². The van der Waals surface area contributed by atoms with Crippen LogP contribution in [-0.2, 0) is 4.74 Å². The molecule has 0 aliphatic heterocycles. The Balaban J connectivity index is 2.84. The minimum absolute atomic E-state index is 0.271. The smallest absolute Gasteiger partial charge is 0.137 e. The van der Waals surface area contributed by atoms with Gasteiger partial charge < -0.3 is 14.9 Å². The Labute approximate surface area is 92.7 Å². The Bertz CT molecular complexity index is 296. The van der Waals surface area contributed by atoms with Crippen LogP contribution in [0.4, 0.5) is 0 Å². The lowest BCUT2D eigenvalue weighted by molar-refractivity contribution is -0.0343. The first kappa shape index (κ1) is 11.8. The molecule has 0 aliphatic carbocycles. The van der Waals surface area contributed by atoms with Crippen molar-refractivity contribution in [1.82, 2.24) is 0 Å². The van der Waals surface area contributed by atoms with Crippen LogP contribution in [0.25, 0.3) is 0 Å². The molecule has 4 heteroatoms. The monoisotopic (exact) mass is 261 g/mol. The van der Waals surface area contributed by atoms with Crippen molar-refractivity contribution in [1.29, 1.82) is 0 Å². The highest BCUT2D eigenvalue weighted by molar-refractivity contribution is 9.10. The number of ether oxygens (including phenoxy) is 1. The second-order valence-corrected chi connectivity index (χ2v) is 4.50. The van der Waals surface area contributed by atoms with E-state index in [0.29, 0.717) is 6.61 Å². The fourth-order valence-electron chi connectivity index (χ4n) is 1.30. The van der Waals surface area contributed by atoms with Crippen molar-refractivity contribution < 1.29 is 9.15 Å². The van der Waals surface area contributed by atoms with E-state index < -0.39 is 5.60 Å². The molecule has 0 amide bonds. The van der Waals surface area contributed by atoms with Crippen molar-refractivity contribution >= 4 is 15.9 Å². The Hall–Kier alpha value is -0.320. The summed E-state index contributed by atoms with van der Waals surface area (Å²) in [4.78, 5) is 0. The molecule has 0 saturated carbocycles. The van der Waals surface area contributed by atoms with E-state index in [-0.39, 0.29) is 6.04 Å². The summed E-state index contributed by atoms with van der Waals surface area (Å²) in [5.74, 6) is 0.725. The Morgan fingerprint density at radius 1 is 1.64 bits per heavy atom. The lowest BCUT2D eigenvalue weighted by atomic mass is 9.97. The van der Waals surface area contributed by atoms with Crippen molar-refractivity contribution in [3.63, 3.8) is 0 Å². The molecule has 80 valence electrons. The topological polar surface area (TPSA) is 48.4 Å². The Morgan fingerprint density at radius 3 is 2.71 bits per heavy atom. The summed E-state index contributed by atoms with van der Waals surface area (Å²) >= 11 is 3.38. The zero-order chi connectivity index (χ0) is 10.8. The third-order valence-corrected chi connectivity index (χ3v) is 2.85.